The van der Waals surface area contributed by atoms with Crippen LogP contribution in [0.5, 0.6) is 0 Å². The van der Waals surface area contributed by atoms with E-state index in [4.69, 9.17) is 5.73 Å². The number of nitrogens with two attached hydrogens (primary N) is 1. The highest BCUT2D eigenvalue weighted by Gasteiger charge is 2.26. The van der Waals surface area contributed by atoms with Gasteiger partial charge in [-0.3, -0.25) is 19.6 Å². The van der Waals surface area contributed by atoms with Gasteiger partial charge in [-0.15, -0.1) is 0 Å². The first kappa shape index (κ1) is 17.1. The van der Waals surface area contributed by atoms with Crippen molar-refractivity contribution >= 4 is 11.6 Å². The van der Waals surface area contributed by atoms with Crippen LogP contribution in [0.15, 0.2) is 30.5 Å². The molecule has 1 aliphatic heterocycles. The van der Waals surface area contributed by atoms with Crippen molar-refractivity contribution in [3.63, 3.8) is 0 Å². The number of benzene rings is 1. The molecule has 1 fully saturated rings. The van der Waals surface area contributed by atoms with Gasteiger partial charge in [0.1, 0.15) is 5.69 Å². The fourth-order valence-electron chi connectivity index (χ4n) is 3.14. The lowest BCUT2D eigenvalue weighted by molar-refractivity contribution is -0.384. The highest BCUT2D eigenvalue weighted by molar-refractivity contribution is 5.99. The van der Waals surface area contributed by atoms with Gasteiger partial charge >= 0.3 is 0 Å². The molecule has 8 nitrogen and oxygen atoms in total. The van der Waals surface area contributed by atoms with E-state index in [1.54, 1.807) is 30.1 Å². The van der Waals surface area contributed by atoms with Crippen molar-refractivity contribution in [3.8, 4) is 11.3 Å². The zero-order valence-corrected chi connectivity index (χ0v) is 14.1. The molecule has 0 aliphatic carbocycles. The van der Waals surface area contributed by atoms with Gasteiger partial charge in [0.15, 0.2) is 0 Å². The highest BCUT2D eigenvalue weighted by Crippen LogP contribution is 2.26. The quantitative estimate of drug-likeness (QED) is 0.673. The molecular formula is C17H21N5O3. The van der Waals surface area contributed by atoms with Gasteiger partial charge in [0, 0.05) is 44.0 Å². The minimum Gasteiger partial charge on any atom is -0.339 e. The van der Waals surface area contributed by atoms with Gasteiger partial charge < -0.3 is 10.6 Å². The number of non-ortho nitro benzene ring substituents is 1. The molecule has 3 rings (SSSR count). The number of rotatable bonds is 4. The summed E-state index contributed by atoms with van der Waals surface area (Å²) in [4.78, 5) is 25.1. The molecule has 1 aliphatic rings. The molecule has 2 heterocycles. The summed E-state index contributed by atoms with van der Waals surface area (Å²) in [6.45, 7) is 2.04. The standard InChI is InChI=1S/C17H21N5O3/c1-20-11-15(17(23)21-8-6-12(10-18)7-9-21)16(19-20)13-2-4-14(5-3-13)22(24)25/h2-5,11-12H,6-10,18H2,1H3. The average molecular weight is 343 g/mol. The Morgan fingerprint density at radius 3 is 2.52 bits per heavy atom. The number of piperidine rings is 1. The summed E-state index contributed by atoms with van der Waals surface area (Å²) in [6, 6.07) is 6.09. The number of aromatic nitrogens is 2. The molecule has 0 unspecified atom stereocenters. The van der Waals surface area contributed by atoms with E-state index in [0.717, 1.165) is 12.8 Å². The summed E-state index contributed by atoms with van der Waals surface area (Å²) in [5, 5.41) is 15.2. The summed E-state index contributed by atoms with van der Waals surface area (Å²) >= 11 is 0. The maximum Gasteiger partial charge on any atom is 0.269 e. The van der Waals surface area contributed by atoms with Crippen LogP contribution in [-0.2, 0) is 7.05 Å². The Kier molecular flexibility index (Phi) is 4.80. The van der Waals surface area contributed by atoms with Crippen LogP contribution in [0.4, 0.5) is 5.69 Å². The molecule has 0 atom stereocenters. The number of nitro benzene ring substituents is 1. The molecule has 2 N–H and O–H groups in total. The number of likely N-dealkylation sites (tertiary alicyclic amines) is 1. The molecule has 2 aromatic rings. The van der Waals surface area contributed by atoms with Crippen LogP contribution < -0.4 is 5.73 Å². The van der Waals surface area contributed by atoms with E-state index in [1.807, 2.05) is 4.90 Å². The second-order valence-electron chi connectivity index (χ2n) is 6.34. The van der Waals surface area contributed by atoms with E-state index in [2.05, 4.69) is 5.10 Å². The Balaban J connectivity index is 1.85. The van der Waals surface area contributed by atoms with Crippen molar-refractivity contribution in [1.29, 1.82) is 0 Å². The second-order valence-corrected chi connectivity index (χ2v) is 6.34. The van der Waals surface area contributed by atoms with Crippen molar-refractivity contribution in [2.24, 2.45) is 18.7 Å². The van der Waals surface area contributed by atoms with Crippen molar-refractivity contribution in [2.75, 3.05) is 19.6 Å². The second kappa shape index (κ2) is 7.02. The average Bonchev–Trinajstić information content (AvgIpc) is 3.03. The largest absolute Gasteiger partial charge is 0.339 e. The summed E-state index contributed by atoms with van der Waals surface area (Å²) in [5.74, 6) is 0.420. The Morgan fingerprint density at radius 2 is 1.96 bits per heavy atom. The topological polar surface area (TPSA) is 107 Å². The van der Waals surface area contributed by atoms with Crippen molar-refractivity contribution in [3.05, 3.63) is 46.1 Å². The van der Waals surface area contributed by atoms with Gasteiger partial charge in [0.05, 0.1) is 10.5 Å². The first-order valence-electron chi connectivity index (χ1n) is 8.27. The number of hydrogen-bond donors (Lipinski definition) is 1. The van der Waals surface area contributed by atoms with Crippen LogP contribution in [0.25, 0.3) is 11.3 Å². The highest BCUT2D eigenvalue weighted by atomic mass is 16.6. The van der Waals surface area contributed by atoms with Crippen LogP contribution in [0.3, 0.4) is 0 Å². The lowest BCUT2D eigenvalue weighted by atomic mass is 9.96. The van der Waals surface area contributed by atoms with Gasteiger partial charge in [0.25, 0.3) is 11.6 Å². The third-order valence-corrected chi connectivity index (χ3v) is 4.65. The molecule has 0 spiro atoms. The zero-order valence-electron chi connectivity index (χ0n) is 14.1. The van der Waals surface area contributed by atoms with Gasteiger partial charge in [-0.05, 0) is 37.4 Å². The number of amides is 1. The van der Waals surface area contributed by atoms with Gasteiger partial charge in [0.2, 0.25) is 0 Å². The predicted octanol–water partition coefficient (Wildman–Crippen LogP) is 1.81. The number of carbonyl (C=O) groups is 1. The van der Waals surface area contributed by atoms with E-state index < -0.39 is 4.92 Å². The van der Waals surface area contributed by atoms with Gasteiger partial charge in [-0.2, -0.15) is 5.10 Å². The Morgan fingerprint density at radius 1 is 1.32 bits per heavy atom. The lowest BCUT2D eigenvalue weighted by Gasteiger charge is -2.31. The van der Waals surface area contributed by atoms with Crippen LogP contribution in [0.1, 0.15) is 23.2 Å². The molecule has 1 amide bonds. The molecule has 0 saturated carbocycles. The van der Waals surface area contributed by atoms with Gasteiger partial charge in [-0.1, -0.05) is 0 Å². The molecule has 0 radical (unpaired) electrons. The van der Waals surface area contributed by atoms with E-state index in [-0.39, 0.29) is 11.6 Å². The summed E-state index contributed by atoms with van der Waals surface area (Å²) in [7, 11) is 1.76. The predicted molar refractivity (Wildman–Crippen MR) is 93.0 cm³/mol. The van der Waals surface area contributed by atoms with Crippen molar-refractivity contribution in [1.82, 2.24) is 14.7 Å². The number of carbonyl (C=O) groups excluding carboxylic acids is 1. The minimum absolute atomic E-state index is 0.0106. The maximum atomic E-state index is 12.9. The van der Waals surface area contributed by atoms with E-state index in [0.29, 0.717) is 42.4 Å². The fraction of sp³-hybridized carbons (Fsp3) is 0.412. The summed E-state index contributed by atoms with van der Waals surface area (Å²) in [6.07, 6.45) is 3.53. The maximum absolute atomic E-state index is 12.9. The normalized spacial score (nSPS) is 15.4. The molecule has 1 aromatic heterocycles. The number of hydrogen-bond acceptors (Lipinski definition) is 5. The fourth-order valence-corrected chi connectivity index (χ4v) is 3.14. The van der Waals surface area contributed by atoms with Crippen LogP contribution in [0, 0.1) is 16.0 Å². The third-order valence-electron chi connectivity index (χ3n) is 4.65. The smallest absolute Gasteiger partial charge is 0.269 e. The van der Waals surface area contributed by atoms with Crippen LogP contribution >= 0.6 is 0 Å². The van der Waals surface area contributed by atoms with Crippen LogP contribution in [-0.4, -0.2) is 45.1 Å². The Hall–Kier alpha value is -2.74. The summed E-state index contributed by atoms with van der Waals surface area (Å²) < 4.78 is 1.59. The van der Waals surface area contributed by atoms with E-state index in [9.17, 15) is 14.9 Å². The van der Waals surface area contributed by atoms with E-state index >= 15 is 0 Å². The monoisotopic (exact) mass is 343 g/mol. The van der Waals surface area contributed by atoms with Crippen molar-refractivity contribution < 1.29 is 9.72 Å². The van der Waals surface area contributed by atoms with Crippen LogP contribution in [0.2, 0.25) is 0 Å². The Labute approximate surface area is 145 Å². The van der Waals surface area contributed by atoms with Crippen molar-refractivity contribution in [2.45, 2.75) is 12.8 Å². The SMILES string of the molecule is Cn1cc(C(=O)N2CCC(CN)CC2)c(-c2ccc([N+](=O)[O-])cc2)n1. The molecule has 8 heteroatoms. The first-order chi connectivity index (χ1) is 12.0. The molecule has 25 heavy (non-hydrogen) atoms. The first-order valence-corrected chi connectivity index (χ1v) is 8.27. The summed E-state index contributed by atoms with van der Waals surface area (Å²) in [5.41, 5.74) is 7.47. The number of nitro groups is 1. The number of nitrogens with zero attached hydrogens (tertiary/aromatic N) is 4. The lowest BCUT2D eigenvalue weighted by Crippen LogP contribution is -2.40. The molecule has 0 bridgehead atoms. The molecule has 1 aromatic carbocycles. The zero-order chi connectivity index (χ0) is 18.0. The molecular weight excluding hydrogens is 322 g/mol. The van der Waals surface area contributed by atoms with E-state index in [1.165, 1.54) is 12.1 Å². The molecule has 1 saturated heterocycles. The minimum atomic E-state index is -0.449. The Bertz CT molecular complexity index is 776. The third kappa shape index (κ3) is 3.53. The number of aryl methyl sites for hydroxylation is 1. The molecule has 132 valence electrons. The van der Waals surface area contributed by atoms with Gasteiger partial charge in [-0.25, -0.2) is 0 Å².